The number of nitrogens with two attached hydrogens (primary N) is 1. The van der Waals surface area contributed by atoms with Crippen LogP contribution in [0.2, 0.25) is 0 Å². The standard InChI is InChI=1S/C22H20F3N5O5/c23-13-8-15(25)18(9-14(13)24)28-22-30-29-20(35-22)19(31)27-17-6-5-12(7-16(17)26)34-11-3-1-10(2-4-11)21(32)33/h5-11H,1-4,26H2,(H,27,31)(H,28,30)(H,32,33). The van der Waals surface area contributed by atoms with Crippen molar-refractivity contribution in [2.45, 2.75) is 31.8 Å². The Morgan fingerprint density at radius 3 is 2.40 bits per heavy atom. The molecule has 35 heavy (non-hydrogen) atoms. The van der Waals surface area contributed by atoms with E-state index in [1.807, 2.05) is 0 Å². The fraction of sp³-hybridized carbons (Fsp3) is 0.273. The maximum atomic E-state index is 13.8. The number of halogens is 3. The van der Waals surface area contributed by atoms with E-state index in [1.165, 1.54) is 12.1 Å². The molecule has 1 fully saturated rings. The molecule has 0 saturated heterocycles. The average molecular weight is 491 g/mol. The third-order valence-electron chi connectivity index (χ3n) is 5.47. The molecule has 1 heterocycles. The van der Waals surface area contributed by atoms with E-state index in [0.717, 1.165) is 0 Å². The zero-order chi connectivity index (χ0) is 25.1. The Morgan fingerprint density at radius 1 is 1.00 bits per heavy atom. The predicted molar refractivity (Wildman–Crippen MR) is 117 cm³/mol. The van der Waals surface area contributed by atoms with E-state index in [2.05, 4.69) is 20.8 Å². The molecule has 184 valence electrons. The van der Waals surface area contributed by atoms with Crippen molar-refractivity contribution in [1.29, 1.82) is 0 Å². The van der Waals surface area contributed by atoms with Gasteiger partial charge in [-0.1, -0.05) is 5.10 Å². The largest absolute Gasteiger partial charge is 0.490 e. The molecule has 0 atom stereocenters. The Labute approximate surface area is 196 Å². The van der Waals surface area contributed by atoms with Crippen LogP contribution in [-0.4, -0.2) is 33.3 Å². The summed E-state index contributed by atoms with van der Waals surface area (Å²) >= 11 is 0. The second-order valence-corrected chi connectivity index (χ2v) is 7.92. The molecule has 1 saturated carbocycles. The van der Waals surface area contributed by atoms with Crippen molar-refractivity contribution in [3.63, 3.8) is 0 Å². The monoisotopic (exact) mass is 491 g/mol. The number of ether oxygens (including phenoxy) is 1. The zero-order valence-corrected chi connectivity index (χ0v) is 18.1. The Morgan fingerprint density at radius 2 is 1.71 bits per heavy atom. The van der Waals surface area contributed by atoms with E-state index in [1.54, 1.807) is 6.07 Å². The minimum atomic E-state index is -1.36. The fourth-order valence-electron chi connectivity index (χ4n) is 3.62. The minimum absolute atomic E-state index is 0.130. The summed E-state index contributed by atoms with van der Waals surface area (Å²) in [6, 6.07) is 5.12. The molecule has 1 amide bonds. The van der Waals surface area contributed by atoms with Crippen LogP contribution >= 0.6 is 0 Å². The first-order valence-corrected chi connectivity index (χ1v) is 10.5. The van der Waals surface area contributed by atoms with Gasteiger partial charge >= 0.3 is 23.8 Å². The Balaban J connectivity index is 1.36. The van der Waals surface area contributed by atoms with Crippen LogP contribution in [0, 0.1) is 23.4 Å². The fourth-order valence-corrected chi connectivity index (χ4v) is 3.62. The number of amides is 1. The number of benzene rings is 2. The number of carbonyl (C=O) groups excluding carboxylic acids is 1. The molecule has 5 N–H and O–H groups in total. The first kappa shape index (κ1) is 23.9. The first-order chi connectivity index (χ1) is 16.7. The number of nitrogens with one attached hydrogen (secondary N) is 2. The van der Waals surface area contributed by atoms with Gasteiger partial charge in [0.2, 0.25) is 0 Å². The number of aliphatic carboxylic acids is 1. The van der Waals surface area contributed by atoms with E-state index in [0.29, 0.717) is 43.6 Å². The van der Waals surface area contributed by atoms with Crippen LogP contribution in [0.5, 0.6) is 5.75 Å². The quantitative estimate of drug-likeness (QED) is 0.283. The molecule has 0 aliphatic heterocycles. The van der Waals surface area contributed by atoms with E-state index in [9.17, 15) is 22.8 Å². The van der Waals surface area contributed by atoms with Gasteiger partial charge < -0.3 is 30.6 Å². The van der Waals surface area contributed by atoms with E-state index >= 15 is 0 Å². The number of rotatable bonds is 7. The number of hydrogen-bond donors (Lipinski definition) is 4. The lowest BCUT2D eigenvalue weighted by molar-refractivity contribution is -0.143. The van der Waals surface area contributed by atoms with Gasteiger partial charge in [-0.05, 0) is 37.8 Å². The number of nitrogens with zero attached hydrogens (tertiary/aromatic N) is 2. The van der Waals surface area contributed by atoms with Crippen LogP contribution in [0.1, 0.15) is 36.4 Å². The minimum Gasteiger partial charge on any atom is -0.490 e. The van der Waals surface area contributed by atoms with Crippen LogP contribution in [0.25, 0.3) is 0 Å². The Hall–Kier alpha value is -4.29. The van der Waals surface area contributed by atoms with Crippen molar-refractivity contribution < 1.29 is 37.0 Å². The van der Waals surface area contributed by atoms with E-state index in [-0.39, 0.29) is 23.4 Å². The smallest absolute Gasteiger partial charge is 0.320 e. The topological polar surface area (TPSA) is 153 Å². The normalized spacial score (nSPS) is 17.6. The molecule has 0 spiro atoms. The average Bonchev–Trinajstić information content (AvgIpc) is 3.28. The summed E-state index contributed by atoms with van der Waals surface area (Å²) in [5, 5.41) is 20.9. The van der Waals surface area contributed by atoms with Crippen LogP contribution < -0.4 is 21.1 Å². The maximum absolute atomic E-state index is 13.8. The Bertz CT molecular complexity index is 1260. The van der Waals surface area contributed by atoms with Gasteiger partial charge in [0, 0.05) is 18.2 Å². The van der Waals surface area contributed by atoms with Crippen molar-refractivity contribution in [3.8, 4) is 5.75 Å². The molecular weight excluding hydrogens is 471 g/mol. The lowest BCUT2D eigenvalue weighted by atomic mass is 9.87. The number of aromatic nitrogens is 2. The molecule has 2 aromatic carbocycles. The van der Waals surface area contributed by atoms with Crippen LogP contribution in [0.15, 0.2) is 34.7 Å². The molecule has 10 nitrogen and oxygen atoms in total. The van der Waals surface area contributed by atoms with Gasteiger partial charge in [0.25, 0.3) is 0 Å². The predicted octanol–water partition coefficient (Wildman–Crippen LogP) is 4.09. The van der Waals surface area contributed by atoms with E-state index < -0.39 is 46.9 Å². The first-order valence-electron chi connectivity index (χ1n) is 10.5. The Kier molecular flexibility index (Phi) is 6.75. The maximum Gasteiger partial charge on any atom is 0.320 e. The number of anilines is 4. The highest BCUT2D eigenvalue weighted by atomic mass is 19.2. The zero-order valence-electron chi connectivity index (χ0n) is 18.1. The molecule has 3 aromatic rings. The summed E-state index contributed by atoms with van der Waals surface area (Å²) in [5.41, 5.74) is 5.97. The summed E-state index contributed by atoms with van der Waals surface area (Å²) in [4.78, 5) is 23.5. The van der Waals surface area contributed by atoms with Gasteiger partial charge in [-0.25, -0.2) is 13.2 Å². The molecular formula is C22H20F3N5O5. The van der Waals surface area contributed by atoms with Gasteiger partial charge in [0.15, 0.2) is 11.6 Å². The second-order valence-electron chi connectivity index (χ2n) is 7.92. The summed E-state index contributed by atoms with van der Waals surface area (Å²) in [5.74, 6) is -5.74. The summed E-state index contributed by atoms with van der Waals surface area (Å²) in [6.07, 6.45) is 2.16. The lowest BCUT2D eigenvalue weighted by Crippen LogP contribution is -2.27. The number of carboxylic acid groups (broad SMARTS) is 1. The van der Waals surface area contributed by atoms with Gasteiger partial charge in [-0.2, -0.15) is 0 Å². The molecule has 13 heteroatoms. The SMILES string of the molecule is Nc1cc(OC2CCC(C(=O)O)CC2)ccc1NC(=O)c1nnc(Nc2cc(F)c(F)cc2F)o1. The van der Waals surface area contributed by atoms with Crippen LogP contribution in [0.4, 0.5) is 36.2 Å². The highest BCUT2D eigenvalue weighted by Gasteiger charge is 2.27. The summed E-state index contributed by atoms with van der Waals surface area (Å²) in [7, 11) is 0. The molecule has 0 unspecified atom stereocenters. The van der Waals surface area contributed by atoms with Crippen molar-refractivity contribution in [2.24, 2.45) is 5.92 Å². The third kappa shape index (κ3) is 5.62. The van der Waals surface area contributed by atoms with Gasteiger partial charge in [-0.3, -0.25) is 9.59 Å². The lowest BCUT2D eigenvalue weighted by Gasteiger charge is -2.27. The summed E-state index contributed by atoms with van der Waals surface area (Å²) in [6.45, 7) is 0. The molecule has 0 bridgehead atoms. The molecule has 1 aromatic heterocycles. The van der Waals surface area contributed by atoms with Gasteiger partial charge in [-0.15, -0.1) is 5.10 Å². The number of carbonyl (C=O) groups is 2. The summed E-state index contributed by atoms with van der Waals surface area (Å²) < 4.78 is 51.1. The highest BCUT2D eigenvalue weighted by molar-refractivity contribution is 6.02. The molecule has 1 aliphatic rings. The second kappa shape index (κ2) is 9.91. The van der Waals surface area contributed by atoms with Crippen molar-refractivity contribution in [3.05, 3.63) is 53.7 Å². The molecule has 0 radical (unpaired) electrons. The van der Waals surface area contributed by atoms with Crippen LogP contribution in [0.3, 0.4) is 0 Å². The molecule has 4 rings (SSSR count). The van der Waals surface area contributed by atoms with E-state index in [4.69, 9.17) is 20.0 Å². The van der Waals surface area contributed by atoms with Crippen molar-refractivity contribution >= 4 is 35.0 Å². The van der Waals surface area contributed by atoms with Gasteiger partial charge in [0.1, 0.15) is 11.6 Å². The number of nitrogen functional groups attached to an aromatic ring is 1. The third-order valence-corrected chi connectivity index (χ3v) is 5.47. The number of hydrogen-bond acceptors (Lipinski definition) is 8. The van der Waals surface area contributed by atoms with Gasteiger partial charge in [0.05, 0.1) is 29.1 Å². The highest BCUT2D eigenvalue weighted by Crippen LogP contribution is 2.31. The van der Waals surface area contributed by atoms with Crippen LogP contribution in [-0.2, 0) is 4.79 Å². The van der Waals surface area contributed by atoms with Crippen molar-refractivity contribution in [1.82, 2.24) is 10.2 Å². The van der Waals surface area contributed by atoms with Crippen molar-refractivity contribution in [2.75, 3.05) is 16.4 Å². The molecule has 1 aliphatic carbocycles. The number of carboxylic acids is 1.